The van der Waals surface area contributed by atoms with E-state index < -0.39 is 11.6 Å². The Hall–Kier alpha value is -1.74. The summed E-state index contributed by atoms with van der Waals surface area (Å²) < 4.78 is 26.9. The number of rotatable bonds is 5. The number of aliphatic imine (C=N–C) groups is 1. The van der Waals surface area contributed by atoms with Crippen molar-refractivity contribution in [3.63, 3.8) is 0 Å². The van der Waals surface area contributed by atoms with Crippen molar-refractivity contribution < 1.29 is 8.78 Å². The molecule has 3 rings (SSSR count). The summed E-state index contributed by atoms with van der Waals surface area (Å²) in [6, 6.07) is 13.5. The Morgan fingerprint density at radius 3 is 2.50 bits per heavy atom. The lowest BCUT2D eigenvalue weighted by molar-refractivity contribution is 0.252. The molecule has 26 heavy (non-hydrogen) atoms. The van der Waals surface area contributed by atoms with Crippen molar-refractivity contribution in [2.24, 2.45) is 10.7 Å². The van der Waals surface area contributed by atoms with Gasteiger partial charge in [0.05, 0.1) is 18.3 Å². The number of nitrogens with one attached hydrogen (secondary N) is 1. The van der Waals surface area contributed by atoms with Crippen LogP contribution in [0.1, 0.15) is 24.4 Å². The third-order valence-corrected chi connectivity index (χ3v) is 4.39. The van der Waals surface area contributed by atoms with Crippen molar-refractivity contribution >= 4 is 35.6 Å². The molecule has 0 radical (unpaired) electrons. The molecule has 0 spiro atoms. The minimum atomic E-state index is -0.571. The van der Waals surface area contributed by atoms with E-state index in [2.05, 4.69) is 27.3 Å². The molecule has 1 aliphatic rings. The second-order valence-electron chi connectivity index (χ2n) is 6.14. The van der Waals surface area contributed by atoms with Gasteiger partial charge < -0.3 is 11.1 Å². The van der Waals surface area contributed by atoms with Gasteiger partial charge in [-0.3, -0.25) is 9.89 Å². The lowest BCUT2D eigenvalue weighted by Gasteiger charge is -2.26. The highest BCUT2D eigenvalue weighted by Crippen LogP contribution is 2.25. The number of hydrogen-bond acceptors (Lipinski definition) is 2. The van der Waals surface area contributed by atoms with Gasteiger partial charge in [0.25, 0.3) is 0 Å². The Morgan fingerprint density at radius 1 is 1.12 bits per heavy atom. The Morgan fingerprint density at radius 2 is 1.81 bits per heavy atom. The van der Waals surface area contributed by atoms with Crippen LogP contribution in [0.4, 0.5) is 14.5 Å². The topological polar surface area (TPSA) is 53.6 Å². The van der Waals surface area contributed by atoms with Gasteiger partial charge in [0.2, 0.25) is 0 Å². The van der Waals surface area contributed by atoms with Crippen molar-refractivity contribution in [2.75, 3.05) is 25.0 Å². The number of benzene rings is 2. The molecule has 1 heterocycles. The van der Waals surface area contributed by atoms with E-state index in [4.69, 9.17) is 5.73 Å². The largest absolute Gasteiger partial charge is 0.370 e. The molecule has 0 saturated carbocycles. The van der Waals surface area contributed by atoms with Crippen LogP contribution in [0.15, 0.2) is 53.5 Å². The molecular formula is C19H23F2IN4. The van der Waals surface area contributed by atoms with E-state index in [9.17, 15) is 8.78 Å². The van der Waals surface area contributed by atoms with Gasteiger partial charge in [-0.2, -0.15) is 0 Å². The third-order valence-electron chi connectivity index (χ3n) is 4.39. The highest BCUT2D eigenvalue weighted by molar-refractivity contribution is 14.0. The van der Waals surface area contributed by atoms with Crippen molar-refractivity contribution in [2.45, 2.75) is 18.9 Å². The molecule has 2 aromatic carbocycles. The molecule has 2 aromatic rings. The Bertz CT molecular complexity index is 734. The molecule has 1 atom stereocenters. The first-order valence-electron chi connectivity index (χ1n) is 8.44. The zero-order valence-electron chi connectivity index (χ0n) is 14.4. The molecule has 7 heteroatoms. The lowest BCUT2D eigenvalue weighted by Crippen LogP contribution is -2.30. The fourth-order valence-electron chi connectivity index (χ4n) is 3.12. The van der Waals surface area contributed by atoms with Crippen LogP contribution in [0.25, 0.3) is 0 Å². The molecule has 0 aromatic heterocycles. The third kappa shape index (κ3) is 5.38. The number of likely N-dealkylation sites (tertiary alicyclic amines) is 1. The fraction of sp³-hybridized carbons (Fsp3) is 0.316. The number of nitrogens with two attached hydrogens (primary N) is 1. The summed E-state index contributed by atoms with van der Waals surface area (Å²) in [5.74, 6) is -1.03. The monoisotopic (exact) mass is 472 g/mol. The van der Waals surface area contributed by atoms with Crippen LogP contribution in [0.5, 0.6) is 0 Å². The van der Waals surface area contributed by atoms with Crippen molar-refractivity contribution in [1.82, 2.24) is 4.90 Å². The average Bonchev–Trinajstić information content (AvgIpc) is 3.14. The predicted molar refractivity (Wildman–Crippen MR) is 112 cm³/mol. The summed E-state index contributed by atoms with van der Waals surface area (Å²) in [4.78, 5) is 6.75. The van der Waals surface area contributed by atoms with Crippen LogP contribution in [-0.4, -0.2) is 30.5 Å². The standard InChI is InChI=1S/C19H22F2N4.HI/c20-15-8-9-16(21)17(12-15)24-19(22)23-13-18(25-10-4-5-11-25)14-6-2-1-3-7-14;/h1-3,6-9,12,18H,4-5,10-11,13H2,(H3,22,23,24);1H. The predicted octanol–water partition coefficient (Wildman–Crippen LogP) is 4.15. The van der Waals surface area contributed by atoms with Gasteiger partial charge in [-0.25, -0.2) is 8.78 Å². The first kappa shape index (κ1) is 20.6. The Labute approximate surface area is 169 Å². The maximum Gasteiger partial charge on any atom is 0.193 e. The first-order valence-corrected chi connectivity index (χ1v) is 8.44. The highest BCUT2D eigenvalue weighted by atomic mass is 127. The van der Waals surface area contributed by atoms with Crippen molar-refractivity contribution in [3.05, 3.63) is 65.7 Å². The smallest absolute Gasteiger partial charge is 0.193 e. The zero-order valence-corrected chi connectivity index (χ0v) is 16.7. The van der Waals surface area contributed by atoms with Gasteiger partial charge in [0.1, 0.15) is 11.6 Å². The Kier molecular flexibility index (Phi) is 7.77. The maximum absolute atomic E-state index is 13.7. The zero-order chi connectivity index (χ0) is 17.6. The summed E-state index contributed by atoms with van der Waals surface area (Å²) in [6.45, 7) is 2.52. The molecule has 0 bridgehead atoms. The molecule has 140 valence electrons. The van der Waals surface area contributed by atoms with E-state index >= 15 is 0 Å². The summed E-state index contributed by atoms with van der Waals surface area (Å²) in [5, 5.41) is 2.64. The van der Waals surface area contributed by atoms with E-state index in [1.807, 2.05) is 18.2 Å². The number of nitrogens with zero attached hydrogens (tertiary/aromatic N) is 2. The second kappa shape index (κ2) is 9.82. The summed E-state index contributed by atoms with van der Waals surface area (Å²) in [5.41, 5.74) is 7.04. The molecule has 3 N–H and O–H groups in total. The van der Waals surface area contributed by atoms with Gasteiger partial charge in [-0.15, -0.1) is 24.0 Å². The average molecular weight is 472 g/mol. The number of halogens is 3. The quantitative estimate of drug-likeness (QED) is 0.391. The molecule has 0 amide bonds. The van der Waals surface area contributed by atoms with Crippen LogP contribution >= 0.6 is 24.0 Å². The summed E-state index contributed by atoms with van der Waals surface area (Å²) >= 11 is 0. The molecule has 4 nitrogen and oxygen atoms in total. The molecular weight excluding hydrogens is 449 g/mol. The Balaban J connectivity index is 0.00000243. The minimum Gasteiger partial charge on any atom is -0.370 e. The van der Waals surface area contributed by atoms with E-state index in [-0.39, 0.29) is 41.7 Å². The van der Waals surface area contributed by atoms with Gasteiger partial charge in [-0.05, 0) is 43.6 Å². The summed E-state index contributed by atoms with van der Waals surface area (Å²) in [6.07, 6.45) is 2.35. The van der Waals surface area contributed by atoms with Crippen LogP contribution < -0.4 is 11.1 Å². The van der Waals surface area contributed by atoms with Crippen molar-refractivity contribution in [1.29, 1.82) is 0 Å². The maximum atomic E-state index is 13.7. The van der Waals surface area contributed by atoms with Crippen LogP contribution in [-0.2, 0) is 0 Å². The van der Waals surface area contributed by atoms with E-state index in [0.717, 1.165) is 31.3 Å². The number of anilines is 1. The molecule has 1 aliphatic heterocycles. The van der Waals surface area contributed by atoms with E-state index in [1.165, 1.54) is 18.4 Å². The molecule has 1 saturated heterocycles. The van der Waals surface area contributed by atoms with E-state index in [0.29, 0.717) is 6.54 Å². The van der Waals surface area contributed by atoms with E-state index in [1.54, 1.807) is 0 Å². The van der Waals surface area contributed by atoms with Gasteiger partial charge >= 0.3 is 0 Å². The fourth-order valence-corrected chi connectivity index (χ4v) is 3.12. The first-order chi connectivity index (χ1) is 12.1. The second-order valence-corrected chi connectivity index (χ2v) is 6.14. The van der Waals surface area contributed by atoms with Crippen molar-refractivity contribution in [3.8, 4) is 0 Å². The van der Waals surface area contributed by atoms with Gasteiger partial charge in [-0.1, -0.05) is 30.3 Å². The SMILES string of the molecule is I.NC(=NCC(c1ccccc1)N1CCCC1)Nc1cc(F)ccc1F. The summed E-state index contributed by atoms with van der Waals surface area (Å²) in [7, 11) is 0. The van der Waals surface area contributed by atoms with Gasteiger partial charge in [0.15, 0.2) is 5.96 Å². The number of hydrogen-bond donors (Lipinski definition) is 2. The minimum absolute atomic E-state index is 0. The highest BCUT2D eigenvalue weighted by Gasteiger charge is 2.23. The van der Waals surface area contributed by atoms with Gasteiger partial charge in [0, 0.05) is 6.07 Å². The molecule has 1 unspecified atom stereocenters. The van der Waals surface area contributed by atoms with Crippen LogP contribution in [0.3, 0.4) is 0 Å². The number of guanidine groups is 1. The van der Waals surface area contributed by atoms with Crippen LogP contribution in [0.2, 0.25) is 0 Å². The lowest BCUT2D eigenvalue weighted by atomic mass is 10.1. The molecule has 1 fully saturated rings. The normalized spacial score (nSPS) is 16.2. The van der Waals surface area contributed by atoms with Crippen LogP contribution in [0, 0.1) is 11.6 Å². The molecule has 0 aliphatic carbocycles.